The molecule has 0 bridgehead atoms. The van der Waals surface area contributed by atoms with Crippen LogP contribution >= 0.6 is 0 Å². The average Bonchev–Trinajstić information content (AvgIpc) is 2.46. The zero-order chi connectivity index (χ0) is 13.9. The molecule has 0 aromatic heterocycles. The van der Waals surface area contributed by atoms with Gasteiger partial charge in [0.1, 0.15) is 6.10 Å². The molecule has 0 unspecified atom stereocenters. The fraction of sp³-hybridized carbons (Fsp3) is 0.600. The number of fused-ring (bicyclic) bond motifs is 1. The number of aliphatic hydroxyl groups excluding tert-OH is 2. The van der Waals surface area contributed by atoms with Crippen LogP contribution in [0.3, 0.4) is 0 Å². The Labute approximate surface area is 114 Å². The quantitative estimate of drug-likeness (QED) is 0.749. The first-order chi connectivity index (χ1) is 9.19. The van der Waals surface area contributed by atoms with Crippen LogP contribution in [0.25, 0.3) is 0 Å². The van der Waals surface area contributed by atoms with Gasteiger partial charge < -0.3 is 19.7 Å². The summed E-state index contributed by atoms with van der Waals surface area (Å²) in [6.07, 6.45) is -0.620. The van der Waals surface area contributed by atoms with Crippen molar-refractivity contribution >= 4 is 0 Å². The lowest BCUT2D eigenvalue weighted by molar-refractivity contribution is -0.300. The maximum absolute atomic E-state index is 9.73. The van der Waals surface area contributed by atoms with E-state index in [0.717, 1.165) is 0 Å². The van der Waals surface area contributed by atoms with Crippen molar-refractivity contribution in [1.82, 2.24) is 0 Å². The van der Waals surface area contributed by atoms with E-state index >= 15 is 0 Å². The van der Waals surface area contributed by atoms with Crippen LogP contribution in [0.5, 0.6) is 0 Å². The van der Waals surface area contributed by atoms with E-state index in [1.54, 1.807) is 0 Å². The van der Waals surface area contributed by atoms with Gasteiger partial charge in [-0.2, -0.15) is 0 Å². The Bertz CT molecular complexity index is 420. The Morgan fingerprint density at radius 3 is 2.42 bits per heavy atom. The van der Waals surface area contributed by atoms with E-state index in [9.17, 15) is 10.2 Å². The zero-order valence-corrected chi connectivity index (χ0v) is 11.5. The van der Waals surface area contributed by atoms with Gasteiger partial charge in [0.25, 0.3) is 0 Å². The average molecular weight is 266 g/mol. The van der Waals surface area contributed by atoms with E-state index in [1.165, 1.54) is 11.1 Å². The predicted molar refractivity (Wildman–Crippen MR) is 71.6 cm³/mol. The molecule has 2 N–H and O–H groups in total. The molecule has 2 aliphatic heterocycles. The lowest BCUT2D eigenvalue weighted by Gasteiger charge is -2.43. The maximum atomic E-state index is 9.73. The van der Waals surface area contributed by atoms with E-state index in [1.807, 2.05) is 32.0 Å². The molecule has 1 saturated heterocycles. The van der Waals surface area contributed by atoms with E-state index < -0.39 is 18.0 Å². The molecule has 4 heteroatoms. The Morgan fingerprint density at radius 2 is 1.74 bits per heavy atom. The van der Waals surface area contributed by atoms with Crippen LogP contribution in [0, 0.1) is 0 Å². The summed E-state index contributed by atoms with van der Waals surface area (Å²) >= 11 is 0. The van der Waals surface area contributed by atoms with Gasteiger partial charge >= 0.3 is 0 Å². The van der Waals surface area contributed by atoms with Crippen LogP contribution in [-0.4, -0.2) is 34.8 Å². The summed E-state index contributed by atoms with van der Waals surface area (Å²) in [5.74, 6) is -0.757. The van der Waals surface area contributed by atoms with E-state index in [4.69, 9.17) is 9.47 Å². The fourth-order valence-corrected chi connectivity index (χ4v) is 2.51. The normalized spacial score (nSPS) is 33.3. The molecular weight excluding hydrogens is 244 g/mol. The maximum Gasteiger partial charge on any atom is 0.175 e. The summed E-state index contributed by atoms with van der Waals surface area (Å²) in [7, 11) is 0. The van der Waals surface area contributed by atoms with E-state index in [-0.39, 0.29) is 6.61 Å². The summed E-state index contributed by atoms with van der Waals surface area (Å²) in [5.41, 5.74) is 2.37. The molecular formula is C15H22O4. The van der Waals surface area contributed by atoms with E-state index in [0.29, 0.717) is 19.4 Å². The van der Waals surface area contributed by atoms with Gasteiger partial charge in [-0.1, -0.05) is 38.1 Å². The van der Waals surface area contributed by atoms with Gasteiger partial charge in [-0.3, -0.25) is 0 Å². The summed E-state index contributed by atoms with van der Waals surface area (Å²) < 4.78 is 11.4. The zero-order valence-electron chi connectivity index (χ0n) is 11.5. The monoisotopic (exact) mass is 266 g/mol. The molecule has 19 heavy (non-hydrogen) atoms. The third-order valence-electron chi connectivity index (χ3n) is 3.55. The molecule has 0 saturated carbocycles. The highest BCUT2D eigenvalue weighted by Gasteiger charge is 2.44. The van der Waals surface area contributed by atoms with Gasteiger partial charge in [-0.05, 0) is 11.1 Å². The highest BCUT2D eigenvalue weighted by molar-refractivity contribution is 5.29. The van der Waals surface area contributed by atoms with Crippen molar-refractivity contribution in [2.24, 2.45) is 0 Å². The first-order valence-electron chi connectivity index (χ1n) is 6.89. The van der Waals surface area contributed by atoms with Gasteiger partial charge in [-0.15, -0.1) is 0 Å². The minimum absolute atomic E-state index is 0.128. The second kappa shape index (κ2) is 6.01. The van der Waals surface area contributed by atoms with Crippen LogP contribution in [0.2, 0.25) is 0 Å². The molecule has 2 aliphatic rings. The summed E-state index contributed by atoms with van der Waals surface area (Å²) in [4.78, 5) is 0. The number of hydrogen-bond donors (Lipinski definition) is 2. The summed E-state index contributed by atoms with van der Waals surface area (Å²) in [5, 5.41) is 19.2. The van der Waals surface area contributed by atoms with Crippen LogP contribution in [0.4, 0.5) is 0 Å². The number of hydrogen-bond acceptors (Lipinski definition) is 4. The SMILES string of the molecule is CC.O[C@@H]1CO[C@@]2(Cc3ccccc3CO2)C[C@@H]1O. The standard InChI is InChI=1S/C13H16O4.C2H6/c14-11-6-13(17-8-12(11)15)5-9-3-1-2-4-10(9)7-16-13;1-2/h1-4,11-12,14-15H,5-8H2;1-2H3/t11-,12+,13-;/m0./s1. The molecule has 1 aromatic carbocycles. The number of benzene rings is 1. The van der Waals surface area contributed by atoms with Crippen molar-refractivity contribution in [3.63, 3.8) is 0 Å². The molecule has 2 heterocycles. The Morgan fingerprint density at radius 1 is 1.05 bits per heavy atom. The van der Waals surface area contributed by atoms with Crippen LogP contribution in [0.1, 0.15) is 31.4 Å². The highest BCUT2D eigenvalue weighted by atomic mass is 16.7. The molecule has 106 valence electrons. The minimum atomic E-state index is -0.804. The third-order valence-corrected chi connectivity index (χ3v) is 3.55. The predicted octanol–water partition coefficient (Wildman–Crippen LogP) is 1.62. The minimum Gasteiger partial charge on any atom is -0.390 e. The van der Waals surface area contributed by atoms with Crippen molar-refractivity contribution in [2.45, 2.75) is 51.3 Å². The van der Waals surface area contributed by atoms with Crippen molar-refractivity contribution in [3.8, 4) is 0 Å². The summed E-state index contributed by atoms with van der Waals surface area (Å²) in [6, 6.07) is 8.07. The van der Waals surface area contributed by atoms with Crippen molar-refractivity contribution in [3.05, 3.63) is 35.4 Å². The molecule has 3 atom stereocenters. The topological polar surface area (TPSA) is 58.9 Å². The van der Waals surface area contributed by atoms with Crippen LogP contribution < -0.4 is 0 Å². The smallest absolute Gasteiger partial charge is 0.175 e. The Balaban J connectivity index is 0.000000637. The fourth-order valence-electron chi connectivity index (χ4n) is 2.51. The molecule has 0 radical (unpaired) electrons. The van der Waals surface area contributed by atoms with Crippen LogP contribution in [0.15, 0.2) is 24.3 Å². The molecule has 0 aliphatic carbocycles. The second-order valence-electron chi connectivity index (χ2n) is 4.79. The van der Waals surface area contributed by atoms with Gasteiger partial charge in [0.15, 0.2) is 5.79 Å². The first kappa shape index (κ1) is 14.5. The molecule has 1 fully saturated rings. The molecule has 1 spiro atoms. The van der Waals surface area contributed by atoms with Gasteiger partial charge in [0.05, 0.1) is 19.3 Å². The number of rotatable bonds is 0. The highest BCUT2D eigenvalue weighted by Crippen LogP contribution is 2.35. The molecule has 1 aromatic rings. The van der Waals surface area contributed by atoms with Crippen molar-refractivity contribution < 1.29 is 19.7 Å². The Kier molecular flexibility index (Phi) is 4.58. The molecule has 0 amide bonds. The second-order valence-corrected chi connectivity index (χ2v) is 4.79. The third kappa shape index (κ3) is 2.98. The summed E-state index contributed by atoms with van der Waals surface area (Å²) in [6.45, 7) is 4.63. The Hall–Kier alpha value is -0.940. The van der Waals surface area contributed by atoms with Gasteiger partial charge in [0.2, 0.25) is 0 Å². The first-order valence-corrected chi connectivity index (χ1v) is 6.89. The van der Waals surface area contributed by atoms with Gasteiger partial charge in [-0.25, -0.2) is 0 Å². The lowest BCUT2D eigenvalue weighted by atomic mass is 9.90. The number of aliphatic hydroxyl groups is 2. The van der Waals surface area contributed by atoms with Crippen molar-refractivity contribution in [1.29, 1.82) is 0 Å². The lowest BCUT2D eigenvalue weighted by Crippen LogP contribution is -2.53. The van der Waals surface area contributed by atoms with E-state index in [2.05, 4.69) is 6.07 Å². The van der Waals surface area contributed by atoms with Crippen molar-refractivity contribution in [2.75, 3.05) is 6.61 Å². The molecule has 3 rings (SSSR count). The van der Waals surface area contributed by atoms with Crippen LogP contribution in [-0.2, 0) is 22.5 Å². The largest absolute Gasteiger partial charge is 0.390 e. The number of ether oxygens (including phenoxy) is 2. The molecule has 4 nitrogen and oxygen atoms in total. The van der Waals surface area contributed by atoms with Gasteiger partial charge in [0, 0.05) is 12.8 Å².